The van der Waals surface area contributed by atoms with Gasteiger partial charge in [-0.15, -0.1) is 0 Å². The van der Waals surface area contributed by atoms with Crippen LogP contribution in [-0.4, -0.2) is 11.2 Å². The van der Waals surface area contributed by atoms with Gasteiger partial charge in [0.2, 0.25) is 5.88 Å². The Morgan fingerprint density at radius 1 is 1.56 bits per heavy atom. The highest BCUT2D eigenvalue weighted by molar-refractivity contribution is 7.94. The van der Waals surface area contributed by atoms with Gasteiger partial charge in [-0.25, -0.2) is 4.98 Å². The zero-order valence-electron chi connectivity index (χ0n) is 5.07. The molecule has 9 heavy (non-hydrogen) atoms. The first kappa shape index (κ1) is 6.42. The van der Waals surface area contributed by atoms with Gasteiger partial charge in [-0.3, -0.25) is 0 Å². The first-order chi connectivity index (χ1) is 4.43. The quantitative estimate of drug-likeness (QED) is 0.586. The van der Waals surface area contributed by atoms with E-state index >= 15 is 0 Å². The number of rotatable bonds is 2. The summed E-state index contributed by atoms with van der Waals surface area (Å²) in [6.45, 7) is 0. The molecule has 0 N–H and O–H groups in total. The van der Waals surface area contributed by atoms with Crippen molar-refractivity contribution in [3.05, 3.63) is 24.4 Å². The predicted octanol–water partition coefficient (Wildman–Crippen LogP) is 1.74. The summed E-state index contributed by atoms with van der Waals surface area (Å²) in [7, 11) is 0. The number of aromatic nitrogens is 1. The Labute approximate surface area is 58.5 Å². The molecule has 0 aliphatic rings. The molecule has 1 aromatic heterocycles. The van der Waals surface area contributed by atoms with Crippen molar-refractivity contribution in [2.45, 2.75) is 0 Å². The normalized spacial score (nSPS) is 9.00. The van der Waals surface area contributed by atoms with Crippen LogP contribution in [0.25, 0.3) is 0 Å². The Kier molecular flexibility index (Phi) is 2.39. The second-order valence-corrected chi connectivity index (χ2v) is 1.92. The number of nitrogens with zero attached hydrogens (tertiary/aromatic N) is 1. The molecule has 48 valence electrons. The zero-order valence-corrected chi connectivity index (χ0v) is 5.89. The van der Waals surface area contributed by atoms with E-state index in [9.17, 15) is 0 Å². The molecule has 0 radical (unpaired) electrons. The average Bonchev–Trinajstić information content (AvgIpc) is 1.91. The smallest absolute Gasteiger partial charge is 0.227 e. The van der Waals surface area contributed by atoms with Crippen molar-refractivity contribution < 1.29 is 4.18 Å². The fourth-order valence-electron chi connectivity index (χ4n) is 0.482. The Morgan fingerprint density at radius 3 is 3.00 bits per heavy atom. The Balaban J connectivity index is 2.61. The van der Waals surface area contributed by atoms with Gasteiger partial charge in [-0.05, 0) is 6.07 Å². The summed E-state index contributed by atoms with van der Waals surface area (Å²) >= 11 is 1.29. The van der Waals surface area contributed by atoms with Crippen molar-refractivity contribution in [1.29, 1.82) is 0 Å². The molecule has 0 aliphatic carbocycles. The largest absolute Gasteiger partial charge is 0.406 e. The van der Waals surface area contributed by atoms with Crippen LogP contribution in [0.3, 0.4) is 0 Å². The van der Waals surface area contributed by atoms with Crippen LogP contribution in [0.5, 0.6) is 5.88 Å². The molecule has 0 spiro atoms. The Bertz CT molecular complexity index is 166. The second-order valence-electron chi connectivity index (χ2n) is 1.42. The summed E-state index contributed by atoms with van der Waals surface area (Å²) in [6.07, 6.45) is 3.56. The standard InChI is InChI=1S/C6H7NOS/c1-9-8-6-4-2-3-5-7-6/h2-5H,1H3. The number of hydrogen-bond acceptors (Lipinski definition) is 3. The van der Waals surface area contributed by atoms with Crippen molar-refractivity contribution >= 4 is 12.0 Å². The minimum absolute atomic E-state index is 0.657. The van der Waals surface area contributed by atoms with Gasteiger partial charge in [0.1, 0.15) is 0 Å². The molecule has 0 aliphatic heterocycles. The Morgan fingerprint density at radius 2 is 2.44 bits per heavy atom. The zero-order chi connectivity index (χ0) is 6.53. The second kappa shape index (κ2) is 3.35. The van der Waals surface area contributed by atoms with Crippen LogP contribution in [0.15, 0.2) is 24.4 Å². The molecule has 0 amide bonds. The van der Waals surface area contributed by atoms with E-state index in [1.807, 2.05) is 24.5 Å². The van der Waals surface area contributed by atoms with Gasteiger partial charge in [-0.2, -0.15) is 0 Å². The summed E-state index contributed by atoms with van der Waals surface area (Å²) in [5.41, 5.74) is 0. The molecule has 0 aromatic carbocycles. The molecular formula is C6H7NOS. The van der Waals surface area contributed by atoms with Gasteiger partial charge in [0.25, 0.3) is 0 Å². The number of hydrogen-bond donors (Lipinski definition) is 0. The first-order valence-corrected chi connectivity index (χ1v) is 3.70. The van der Waals surface area contributed by atoms with Crippen molar-refractivity contribution in [2.75, 3.05) is 6.26 Å². The van der Waals surface area contributed by atoms with E-state index in [1.54, 1.807) is 6.20 Å². The third kappa shape index (κ3) is 1.93. The van der Waals surface area contributed by atoms with Crippen molar-refractivity contribution in [1.82, 2.24) is 4.98 Å². The third-order valence-corrected chi connectivity index (χ3v) is 1.14. The van der Waals surface area contributed by atoms with E-state index in [-0.39, 0.29) is 0 Å². The van der Waals surface area contributed by atoms with Crippen LogP contribution >= 0.6 is 12.0 Å². The molecule has 3 heteroatoms. The summed E-state index contributed by atoms with van der Waals surface area (Å²) in [5.74, 6) is 0.657. The molecular weight excluding hydrogens is 134 g/mol. The lowest BCUT2D eigenvalue weighted by atomic mass is 10.5. The van der Waals surface area contributed by atoms with E-state index in [2.05, 4.69) is 4.98 Å². The molecule has 0 fully saturated rings. The van der Waals surface area contributed by atoms with E-state index in [0.29, 0.717) is 5.88 Å². The monoisotopic (exact) mass is 141 g/mol. The van der Waals surface area contributed by atoms with Gasteiger partial charge < -0.3 is 4.18 Å². The van der Waals surface area contributed by atoms with E-state index in [0.717, 1.165) is 0 Å². The van der Waals surface area contributed by atoms with Gasteiger partial charge in [0.15, 0.2) is 0 Å². The van der Waals surface area contributed by atoms with Crippen molar-refractivity contribution in [3.63, 3.8) is 0 Å². The van der Waals surface area contributed by atoms with Crippen LogP contribution in [0.4, 0.5) is 0 Å². The first-order valence-electron chi connectivity index (χ1n) is 2.55. The average molecular weight is 141 g/mol. The maximum absolute atomic E-state index is 5.01. The number of pyridine rings is 1. The molecule has 2 nitrogen and oxygen atoms in total. The predicted molar refractivity (Wildman–Crippen MR) is 38.4 cm³/mol. The Hall–Kier alpha value is -0.700. The lowest BCUT2D eigenvalue weighted by Gasteiger charge is -1.95. The maximum atomic E-state index is 5.01. The molecule has 0 unspecified atom stereocenters. The van der Waals surface area contributed by atoms with Crippen molar-refractivity contribution in [3.8, 4) is 5.88 Å². The fourth-order valence-corrected chi connectivity index (χ4v) is 0.751. The van der Waals surface area contributed by atoms with E-state index in [4.69, 9.17) is 4.18 Å². The topological polar surface area (TPSA) is 22.1 Å². The van der Waals surface area contributed by atoms with Gasteiger partial charge >= 0.3 is 0 Å². The highest BCUT2D eigenvalue weighted by atomic mass is 32.2. The van der Waals surface area contributed by atoms with Crippen LogP contribution in [0.2, 0.25) is 0 Å². The van der Waals surface area contributed by atoms with E-state index < -0.39 is 0 Å². The lowest BCUT2D eigenvalue weighted by molar-refractivity contribution is 0.620. The molecule has 1 rings (SSSR count). The highest BCUT2D eigenvalue weighted by Gasteiger charge is 1.87. The van der Waals surface area contributed by atoms with Crippen LogP contribution < -0.4 is 4.18 Å². The summed E-state index contributed by atoms with van der Waals surface area (Å²) in [4.78, 5) is 3.93. The minimum Gasteiger partial charge on any atom is -0.406 e. The highest BCUT2D eigenvalue weighted by Crippen LogP contribution is 2.08. The van der Waals surface area contributed by atoms with Crippen LogP contribution in [-0.2, 0) is 0 Å². The summed E-state index contributed by atoms with van der Waals surface area (Å²) in [6, 6.07) is 5.56. The van der Waals surface area contributed by atoms with Gasteiger partial charge in [0, 0.05) is 18.5 Å². The van der Waals surface area contributed by atoms with E-state index in [1.165, 1.54) is 12.0 Å². The molecule has 0 atom stereocenters. The molecule has 1 aromatic rings. The minimum atomic E-state index is 0.657. The third-order valence-electron chi connectivity index (χ3n) is 0.806. The molecule has 0 saturated carbocycles. The van der Waals surface area contributed by atoms with Crippen LogP contribution in [0.1, 0.15) is 0 Å². The fraction of sp³-hybridized carbons (Fsp3) is 0.167. The van der Waals surface area contributed by atoms with Gasteiger partial charge in [-0.1, -0.05) is 6.07 Å². The molecule has 0 saturated heterocycles. The molecule has 1 heterocycles. The van der Waals surface area contributed by atoms with Gasteiger partial charge in [0.05, 0.1) is 12.0 Å². The van der Waals surface area contributed by atoms with Crippen molar-refractivity contribution in [2.24, 2.45) is 0 Å². The SMILES string of the molecule is CSOc1ccccn1. The van der Waals surface area contributed by atoms with Crippen LogP contribution in [0, 0.1) is 0 Å². The lowest BCUT2D eigenvalue weighted by Crippen LogP contribution is -1.80. The molecule has 0 bridgehead atoms. The summed E-state index contributed by atoms with van der Waals surface area (Å²) in [5, 5.41) is 0. The maximum Gasteiger partial charge on any atom is 0.227 e. The summed E-state index contributed by atoms with van der Waals surface area (Å²) < 4.78 is 5.01.